The van der Waals surface area contributed by atoms with Crippen molar-refractivity contribution in [2.75, 3.05) is 11.0 Å². The van der Waals surface area contributed by atoms with E-state index in [1.165, 1.54) is 36.4 Å². The van der Waals surface area contributed by atoms with Gasteiger partial charge in [-0.3, -0.25) is 9.71 Å². The molecule has 1 heterocycles. The number of hydrogen-bond acceptors (Lipinski definition) is 5. The molecule has 0 aromatic heterocycles. The van der Waals surface area contributed by atoms with Crippen molar-refractivity contribution in [1.29, 1.82) is 0 Å². The highest BCUT2D eigenvalue weighted by Crippen LogP contribution is 2.39. The van der Waals surface area contributed by atoms with E-state index in [2.05, 4.69) is 9.71 Å². The van der Waals surface area contributed by atoms with E-state index < -0.39 is 27.5 Å². The summed E-state index contributed by atoms with van der Waals surface area (Å²) in [5, 5.41) is 20.0. The topological polar surface area (TPSA) is 133 Å². The molecule has 0 fully saturated rings. The fraction of sp³-hybridized carbons (Fsp3) is 0.105. The number of fused-ring (bicyclic) bond motifs is 1. The number of carbonyl (C=O) groups is 2. The zero-order valence-corrected chi connectivity index (χ0v) is 17.6. The van der Waals surface area contributed by atoms with E-state index in [0.29, 0.717) is 0 Å². The van der Waals surface area contributed by atoms with Crippen LogP contribution in [0.3, 0.4) is 0 Å². The Morgan fingerprint density at radius 2 is 1.87 bits per heavy atom. The molecule has 1 unspecified atom stereocenters. The number of nitrogens with zero attached hydrogens (tertiary/aromatic N) is 1. The monoisotopic (exact) mass is 468 g/mol. The smallest absolute Gasteiger partial charge is 0.341 e. The molecular formula is C19H14Cl2N2O6S. The second-order valence-corrected chi connectivity index (χ2v) is 9.04. The maximum Gasteiger partial charge on any atom is 0.341 e. The van der Waals surface area contributed by atoms with Gasteiger partial charge in [-0.1, -0.05) is 35.3 Å². The van der Waals surface area contributed by atoms with Crippen LogP contribution in [0.5, 0.6) is 0 Å². The Morgan fingerprint density at radius 1 is 1.17 bits per heavy atom. The molecular weight excluding hydrogens is 455 g/mol. The summed E-state index contributed by atoms with van der Waals surface area (Å²) >= 11 is 12.3. The van der Waals surface area contributed by atoms with Crippen molar-refractivity contribution in [3.63, 3.8) is 0 Å². The molecule has 1 aliphatic heterocycles. The minimum Gasteiger partial charge on any atom is -0.479 e. The highest BCUT2D eigenvalue weighted by Gasteiger charge is 2.46. The lowest BCUT2D eigenvalue weighted by atomic mass is 9.83. The van der Waals surface area contributed by atoms with Crippen LogP contribution in [-0.2, 0) is 25.2 Å². The largest absolute Gasteiger partial charge is 0.479 e. The molecule has 1 atom stereocenters. The lowest BCUT2D eigenvalue weighted by Crippen LogP contribution is -2.35. The normalized spacial score (nSPS) is 18.2. The highest BCUT2D eigenvalue weighted by atomic mass is 35.5. The van der Waals surface area contributed by atoms with Crippen LogP contribution < -0.4 is 15.3 Å². The summed E-state index contributed by atoms with van der Waals surface area (Å²) < 4.78 is 25.4. The molecule has 1 aliphatic rings. The molecule has 0 aliphatic carbocycles. The van der Waals surface area contributed by atoms with Gasteiger partial charge in [0, 0.05) is 27.6 Å². The van der Waals surface area contributed by atoms with Crippen LogP contribution in [0.4, 0.5) is 5.69 Å². The zero-order valence-electron chi connectivity index (χ0n) is 15.3. The summed E-state index contributed by atoms with van der Waals surface area (Å²) in [5.74, 6) is -2.71. The van der Waals surface area contributed by atoms with E-state index in [9.17, 15) is 23.1 Å². The third-order valence-corrected chi connectivity index (χ3v) is 5.39. The summed E-state index contributed by atoms with van der Waals surface area (Å²) in [7, 11) is -3.62. The number of carboxylic acids is 2. The molecule has 0 saturated heterocycles. The maximum absolute atomic E-state index is 12.5. The molecule has 2 aromatic carbocycles. The van der Waals surface area contributed by atoms with Gasteiger partial charge in [0.15, 0.2) is 0 Å². The van der Waals surface area contributed by atoms with Gasteiger partial charge < -0.3 is 10.2 Å². The van der Waals surface area contributed by atoms with Crippen LogP contribution in [0.15, 0.2) is 53.5 Å². The molecule has 0 saturated carbocycles. The summed E-state index contributed by atoms with van der Waals surface area (Å²) in [6.07, 6.45) is 2.85. The number of aliphatic carboxylic acids is 2. The number of hydrogen-bond donors (Lipinski definition) is 3. The number of anilines is 1. The third kappa shape index (κ3) is 4.04. The SMILES string of the molecule is CS(=O)(=O)Nc1cccc(C2(C(=O)O)N=c3cc(Cl)cc(Cl)c3=C2/C=C/C(=O)O)c1. The predicted molar refractivity (Wildman–Crippen MR) is 112 cm³/mol. The average Bonchev–Trinajstić information content (AvgIpc) is 2.94. The highest BCUT2D eigenvalue weighted by molar-refractivity contribution is 7.92. The van der Waals surface area contributed by atoms with Crippen LogP contribution in [0.1, 0.15) is 5.56 Å². The number of carboxylic acid groups (broad SMARTS) is 2. The van der Waals surface area contributed by atoms with Gasteiger partial charge in [0.1, 0.15) is 0 Å². The van der Waals surface area contributed by atoms with Gasteiger partial charge in [0.25, 0.3) is 0 Å². The average molecular weight is 469 g/mol. The second kappa shape index (κ2) is 7.75. The van der Waals surface area contributed by atoms with Gasteiger partial charge in [-0.15, -0.1) is 0 Å². The molecule has 0 bridgehead atoms. The first-order valence-corrected chi connectivity index (χ1v) is 10.9. The molecule has 2 aromatic rings. The molecule has 30 heavy (non-hydrogen) atoms. The summed E-state index contributed by atoms with van der Waals surface area (Å²) in [6.45, 7) is 0. The lowest BCUT2D eigenvalue weighted by Gasteiger charge is -2.25. The minimum atomic E-state index is -3.62. The number of sulfonamides is 1. The van der Waals surface area contributed by atoms with Crippen LogP contribution in [-0.4, -0.2) is 36.8 Å². The van der Waals surface area contributed by atoms with E-state index in [4.69, 9.17) is 28.3 Å². The van der Waals surface area contributed by atoms with E-state index in [0.717, 1.165) is 18.4 Å². The molecule has 0 radical (unpaired) electrons. The van der Waals surface area contributed by atoms with Gasteiger partial charge in [0.2, 0.25) is 15.6 Å². The lowest BCUT2D eigenvalue weighted by molar-refractivity contribution is -0.141. The third-order valence-electron chi connectivity index (χ3n) is 4.27. The van der Waals surface area contributed by atoms with Gasteiger partial charge in [-0.25, -0.2) is 18.0 Å². The standard InChI is InChI=1S/C19H14Cl2N2O6S/c1-30(28,29)23-12-4-2-3-10(7-12)19(18(26)27)13(5-6-16(24)25)17-14(21)8-11(20)9-15(17)22-19/h2-9,23H,1H3,(H,24,25)(H,26,27)/b6-5+. The Labute approximate surface area is 180 Å². The predicted octanol–water partition coefficient (Wildman–Crippen LogP) is 1.77. The number of halogens is 2. The van der Waals surface area contributed by atoms with Gasteiger partial charge >= 0.3 is 11.9 Å². The molecule has 11 heteroatoms. The van der Waals surface area contributed by atoms with E-state index >= 15 is 0 Å². The molecule has 8 nitrogen and oxygen atoms in total. The minimum absolute atomic E-state index is 0.00516. The first kappa shape index (κ1) is 21.8. The molecule has 0 amide bonds. The Balaban J connectivity index is 2.40. The van der Waals surface area contributed by atoms with Crippen molar-refractivity contribution in [1.82, 2.24) is 0 Å². The summed E-state index contributed by atoms with van der Waals surface area (Å²) in [6, 6.07) is 8.47. The first-order valence-electron chi connectivity index (χ1n) is 8.26. The molecule has 0 spiro atoms. The Hall–Kier alpha value is -2.88. The van der Waals surface area contributed by atoms with Crippen molar-refractivity contribution in [2.24, 2.45) is 4.99 Å². The van der Waals surface area contributed by atoms with Crippen molar-refractivity contribution in [3.8, 4) is 0 Å². The van der Waals surface area contributed by atoms with E-state index in [-0.39, 0.29) is 37.4 Å². The summed E-state index contributed by atoms with van der Waals surface area (Å²) in [4.78, 5) is 28.0. The Bertz CT molecular complexity index is 1340. The number of nitrogens with one attached hydrogen (secondary N) is 1. The van der Waals surface area contributed by atoms with Crippen molar-refractivity contribution >= 4 is 56.4 Å². The van der Waals surface area contributed by atoms with Crippen molar-refractivity contribution < 1.29 is 28.2 Å². The number of rotatable bonds is 6. The molecule has 3 N–H and O–H groups in total. The molecule has 156 valence electrons. The van der Waals surface area contributed by atoms with Gasteiger partial charge in [-0.2, -0.15) is 0 Å². The van der Waals surface area contributed by atoms with Crippen LogP contribution >= 0.6 is 23.2 Å². The first-order chi connectivity index (χ1) is 13.9. The van der Waals surface area contributed by atoms with Crippen LogP contribution in [0.25, 0.3) is 5.57 Å². The van der Waals surface area contributed by atoms with Crippen molar-refractivity contribution in [2.45, 2.75) is 5.54 Å². The van der Waals surface area contributed by atoms with E-state index in [1.807, 2.05) is 0 Å². The Morgan fingerprint density at radius 3 is 2.47 bits per heavy atom. The van der Waals surface area contributed by atoms with Crippen LogP contribution in [0.2, 0.25) is 10.0 Å². The van der Waals surface area contributed by atoms with Gasteiger partial charge in [0.05, 0.1) is 16.6 Å². The van der Waals surface area contributed by atoms with Crippen molar-refractivity contribution in [3.05, 3.63) is 74.7 Å². The maximum atomic E-state index is 12.5. The zero-order chi connectivity index (χ0) is 22.3. The van der Waals surface area contributed by atoms with E-state index in [1.54, 1.807) is 0 Å². The van der Waals surface area contributed by atoms with Crippen LogP contribution in [0, 0.1) is 0 Å². The quantitative estimate of drug-likeness (QED) is 0.553. The van der Waals surface area contributed by atoms with Gasteiger partial charge in [-0.05, 0) is 35.9 Å². The fourth-order valence-electron chi connectivity index (χ4n) is 3.22. The molecule has 3 rings (SSSR count). The second-order valence-electron chi connectivity index (χ2n) is 6.45. The fourth-order valence-corrected chi connectivity index (χ4v) is 4.36. The number of benzene rings is 2. The summed E-state index contributed by atoms with van der Waals surface area (Å²) in [5.41, 5.74) is -1.85. The Kier molecular flexibility index (Phi) is 5.64.